The van der Waals surface area contributed by atoms with Crippen LogP contribution >= 0.6 is 11.6 Å². The fourth-order valence-corrected chi connectivity index (χ4v) is 3.04. The number of nitrogens with one attached hydrogen (secondary N) is 1. The van der Waals surface area contributed by atoms with Gasteiger partial charge in [-0.05, 0) is 51.4 Å². The highest BCUT2D eigenvalue weighted by atomic mass is 35.5. The Hall–Kier alpha value is -0.570. The van der Waals surface area contributed by atoms with Crippen LogP contribution in [0.1, 0.15) is 31.9 Å². The first kappa shape index (κ1) is 13.9. The summed E-state index contributed by atoms with van der Waals surface area (Å²) in [7, 11) is 2.19. The zero-order chi connectivity index (χ0) is 13.1. The third-order valence-electron chi connectivity index (χ3n) is 4.23. The highest BCUT2D eigenvalue weighted by Gasteiger charge is 2.25. The second-order valence-electron chi connectivity index (χ2n) is 5.43. The molecule has 2 nitrogen and oxygen atoms in total. The summed E-state index contributed by atoms with van der Waals surface area (Å²) in [4.78, 5) is 2.41. The summed E-state index contributed by atoms with van der Waals surface area (Å²) in [5, 5.41) is 4.38. The van der Waals surface area contributed by atoms with Crippen LogP contribution in [0.15, 0.2) is 24.3 Å². The molecule has 1 aromatic rings. The SMILES string of the molecule is CC1NCCC1CN(C)C(C)c1ccccc1Cl. The Bertz CT molecular complexity index is 394. The minimum absolute atomic E-state index is 0.367. The van der Waals surface area contributed by atoms with E-state index in [0.717, 1.165) is 24.0 Å². The van der Waals surface area contributed by atoms with E-state index >= 15 is 0 Å². The number of benzene rings is 1. The second-order valence-corrected chi connectivity index (χ2v) is 5.84. The molecule has 3 atom stereocenters. The molecule has 1 aliphatic rings. The van der Waals surface area contributed by atoms with Gasteiger partial charge in [0.15, 0.2) is 0 Å². The van der Waals surface area contributed by atoms with Gasteiger partial charge in [0.05, 0.1) is 0 Å². The molecule has 1 heterocycles. The van der Waals surface area contributed by atoms with Gasteiger partial charge in [-0.1, -0.05) is 29.8 Å². The Labute approximate surface area is 115 Å². The van der Waals surface area contributed by atoms with E-state index in [-0.39, 0.29) is 0 Å². The van der Waals surface area contributed by atoms with Crippen molar-refractivity contribution in [2.75, 3.05) is 20.1 Å². The summed E-state index contributed by atoms with van der Waals surface area (Å²) in [5.74, 6) is 0.750. The Kier molecular flexibility index (Phi) is 4.66. The fourth-order valence-electron chi connectivity index (χ4n) is 2.74. The van der Waals surface area contributed by atoms with E-state index in [0.29, 0.717) is 12.1 Å². The lowest BCUT2D eigenvalue weighted by molar-refractivity contribution is 0.213. The van der Waals surface area contributed by atoms with Crippen molar-refractivity contribution in [1.29, 1.82) is 0 Å². The zero-order valence-electron chi connectivity index (χ0n) is 11.5. The molecule has 0 bridgehead atoms. The summed E-state index contributed by atoms with van der Waals surface area (Å²) in [6, 6.07) is 9.14. The van der Waals surface area contributed by atoms with Crippen LogP contribution in [0.2, 0.25) is 5.02 Å². The monoisotopic (exact) mass is 266 g/mol. The lowest BCUT2D eigenvalue weighted by Gasteiger charge is -2.29. The zero-order valence-corrected chi connectivity index (χ0v) is 12.2. The molecule has 0 amide bonds. The highest BCUT2D eigenvalue weighted by Crippen LogP contribution is 2.28. The number of rotatable bonds is 4. The van der Waals surface area contributed by atoms with Crippen molar-refractivity contribution in [3.63, 3.8) is 0 Å². The van der Waals surface area contributed by atoms with Gasteiger partial charge in [0.1, 0.15) is 0 Å². The van der Waals surface area contributed by atoms with Gasteiger partial charge < -0.3 is 5.32 Å². The predicted octanol–water partition coefficient (Wildman–Crippen LogP) is 3.33. The van der Waals surface area contributed by atoms with E-state index < -0.39 is 0 Å². The molecule has 1 aromatic carbocycles. The van der Waals surface area contributed by atoms with Crippen molar-refractivity contribution in [3.8, 4) is 0 Å². The van der Waals surface area contributed by atoms with Crippen LogP contribution in [0.3, 0.4) is 0 Å². The molecule has 1 aliphatic heterocycles. The van der Waals surface area contributed by atoms with Crippen molar-refractivity contribution >= 4 is 11.6 Å². The molecule has 0 aromatic heterocycles. The average molecular weight is 267 g/mol. The van der Waals surface area contributed by atoms with Crippen molar-refractivity contribution in [1.82, 2.24) is 10.2 Å². The minimum Gasteiger partial charge on any atom is -0.314 e. The van der Waals surface area contributed by atoms with Crippen LogP contribution in [0.4, 0.5) is 0 Å². The molecule has 0 aliphatic carbocycles. The Morgan fingerprint density at radius 3 is 2.78 bits per heavy atom. The predicted molar refractivity (Wildman–Crippen MR) is 78.1 cm³/mol. The van der Waals surface area contributed by atoms with E-state index in [9.17, 15) is 0 Å². The molecular weight excluding hydrogens is 244 g/mol. The average Bonchev–Trinajstić information content (AvgIpc) is 2.75. The van der Waals surface area contributed by atoms with Gasteiger partial charge in [-0.15, -0.1) is 0 Å². The van der Waals surface area contributed by atoms with E-state index in [1.165, 1.54) is 12.0 Å². The Morgan fingerprint density at radius 2 is 2.17 bits per heavy atom. The number of hydrogen-bond donors (Lipinski definition) is 1. The first-order valence-electron chi connectivity index (χ1n) is 6.77. The third-order valence-corrected chi connectivity index (χ3v) is 4.57. The van der Waals surface area contributed by atoms with Crippen molar-refractivity contribution in [2.24, 2.45) is 5.92 Å². The van der Waals surface area contributed by atoms with Gasteiger partial charge in [-0.25, -0.2) is 0 Å². The lowest BCUT2D eigenvalue weighted by atomic mass is 9.99. The number of hydrogen-bond acceptors (Lipinski definition) is 2. The molecule has 3 unspecified atom stereocenters. The smallest absolute Gasteiger partial charge is 0.0453 e. The quantitative estimate of drug-likeness (QED) is 0.899. The summed E-state index contributed by atoms with van der Waals surface area (Å²) < 4.78 is 0. The van der Waals surface area contributed by atoms with E-state index in [2.05, 4.69) is 43.2 Å². The van der Waals surface area contributed by atoms with Crippen LogP contribution in [0.25, 0.3) is 0 Å². The summed E-state index contributed by atoms with van der Waals surface area (Å²) in [6.07, 6.45) is 1.28. The van der Waals surface area contributed by atoms with Crippen LogP contribution < -0.4 is 5.32 Å². The summed E-state index contributed by atoms with van der Waals surface area (Å²) in [6.45, 7) is 6.79. The molecule has 1 fully saturated rings. The summed E-state index contributed by atoms with van der Waals surface area (Å²) in [5.41, 5.74) is 1.22. The maximum Gasteiger partial charge on any atom is 0.0453 e. The van der Waals surface area contributed by atoms with Gasteiger partial charge in [0.2, 0.25) is 0 Å². The number of halogens is 1. The van der Waals surface area contributed by atoms with Gasteiger partial charge in [0.25, 0.3) is 0 Å². The first-order valence-corrected chi connectivity index (χ1v) is 7.15. The fraction of sp³-hybridized carbons (Fsp3) is 0.600. The molecular formula is C15H23ClN2. The van der Waals surface area contributed by atoms with Crippen molar-refractivity contribution < 1.29 is 0 Å². The first-order chi connectivity index (χ1) is 8.59. The van der Waals surface area contributed by atoms with Crippen molar-refractivity contribution in [2.45, 2.75) is 32.4 Å². The second kappa shape index (κ2) is 6.05. The minimum atomic E-state index is 0.367. The van der Waals surface area contributed by atoms with Gasteiger partial charge in [-0.3, -0.25) is 4.90 Å². The van der Waals surface area contributed by atoms with Gasteiger partial charge in [0, 0.05) is 23.7 Å². The largest absolute Gasteiger partial charge is 0.314 e. The van der Waals surface area contributed by atoms with Crippen molar-refractivity contribution in [3.05, 3.63) is 34.9 Å². The van der Waals surface area contributed by atoms with Crippen LogP contribution in [-0.2, 0) is 0 Å². The Balaban J connectivity index is 2.00. The highest BCUT2D eigenvalue weighted by molar-refractivity contribution is 6.31. The van der Waals surface area contributed by atoms with Gasteiger partial charge in [-0.2, -0.15) is 0 Å². The molecule has 1 N–H and O–H groups in total. The molecule has 100 valence electrons. The van der Waals surface area contributed by atoms with Crippen LogP contribution in [0, 0.1) is 5.92 Å². The lowest BCUT2D eigenvalue weighted by Crippen LogP contribution is -2.33. The normalized spacial score (nSPS) is 25.6. The maximum atomic E-state index is 6.27. The molecule has 18 heavy (non-hydrogen) atoms. The van der Waals surface area contributed by atoms with E-state index in [1.54, 1.807) is 0 Å². The van der Waals surface area contributed by atoms with Crippen LogP contribution in [0.5, 0.6) is 0 Å². The third kappa shape index (κ3) is 3.05. The maximum absolute atomic E-state index is 6.27. The molecule has 0 saturated carbocycles. The molecule has 0 radical (unpaired) electrons. The summed E-state index contributed by atoms with van der Waals surface area (Å²) >= 11 is 6.27. The van der Waals surface area contributed by atoms with Crippen LogP contribution in [-0.4, -0.2) is 31.1 Å². The molecule has 2 rings (SSSR count). The number of nitrogens with zero attached hydrogens (tertiary/aromatic N) is 1. The van der Waals surface area contributed by atoms with Gasteiger partial charge >= 0.3 is 0 Å². The van der Waals surface area contributed by atoms with E-state index in [4.69, 9.17) is 11.6 Å². The standard InChI is InChI=1S/C15H23ClN2/c1-11-13(8-9-17-11)10-18(3)12(2)14-6-4-5-7-15(14)16/h4-7,11-13,17H,8-10H2,1-3H3. The molecule has 3 heteroatoms. The molecule has 0 spiro atoms. The van der Waals surface area contributed by atoms with E-state index in [1.807, 2.05) is 12.1 Å². The topological polar surface area (TPSA) is 15.3 Å². The Morgan fingerprint density at radius 1 is 1.44 bits per heavy atom. The molecule has 1 saturated heterocycles.